The zero-order valence-corrected chi connectivity index (χ0v) is 32.2. The summed E-state index contributed by atoms with van der Waals surface area (Å²) in [7, 11) is 0. The average molecular weight is 744 g/mol. The number of benzene rings is 9. The molecule has 12 rings (SSSR count). The van der Waals surface area contributed by atoms with Crippen LogP contribution in [-0.2, 0) is 5.41 Å². The van der Waals surface area contributed by atoms with Crippen LogP contribution in [0.5, 0.6) is 0 Å². The first kappa shape index (κ1) is 32.8. The van der Waals surface area contributed by atoms with Crippen molar-refractivity contribution in [1.82, 2.24) is 0 Å². The number of nitrogens with zero attached hydrogens (tertiary/aromatic N) is 1. The van der Waals surface area contributed by atoms with E-state index in [-0.39, 0.29) is 5.41 Å². The van der Waals surface area contributed by atoms with E-state index in [1.807, 2.05) is 6.07 Å². The zero-order valence-electron chi connectivity index (χ0n) is 32.2. The standard InChI is InChI=1S/C55H37NO2/c1-55(2)46-20-10-8-17-41(46)42-30-26-38(32-47(42)55)51-52-44-18-9-11-22-49(44)57-50(52)33-45-43-19-12-21-48(53(43)58-54(45)51)56(40-29-25-35-15-6-7-16-37(35)31-40)39-27-23-36(24-28-39)34-13-4-3-5-14-34/h3-33H,1-2H3. The minimum Gasteiger partial charge on any atom is -0.456 e. The predicted octanol–water partition coefficient (Wildman–Crippen LogP) is 15.7. The van der Waals surface area contributed by atoms with E-state index < -0.39 is 0 Å². The third kappa shape index (κ3) is 4.80. The molecule has 1 aliphatic carbocycles. The van der Waals surface area contributed by atoms with Gasteiger partial charge in [0.2, 0.25) is 0 Å². The van der Waals surface area contributed by atoms with Gasteiger partial charge in [-0.3, -0.25) is 0 Å². The minimum atomic E-state index is -0.148. The van der Waals surface area contributed by atoms with E-state index in [4.69, 9.17) is 8.83 Å². The maximum absolute atomic E-state index is 7.35. The molecular weight excluding hydrogens is 707 g/mol. The van der Waals surface area contributed by atoms with Gasteiger partial charge in [0.15, 0.2) is 5.58 Å². The molecule has 2 heterocycles. The Bertz CT molecular complexity index is 3420. The van der Waals surface area contributed by atoms with Crippen molar-refractivity contribution in [3.8, 4) is 33.4 Å². The van der Waals surface area contributed by atoms with Gasteiger partial charge in [-0.25, -0.2) is 0 Å². The van der Waals surface area contributed by atoms with Crippen LogP contribution in [0.4, 0.5) is 17.1 Å². The lowest BCUT2D eigenvalue weighted by atomic mass is 9.81. The number of hydrogen-bond acceptors (Lipinski definition) is 3. The molecule has 2 aromatic heterocycles. The van der Waals surface area contributed by atoms with Gasteiger partial charge in [-0.1, -0.05) is 153 Å². The highest BCUT2D eigenvalue weighted by Crippen LogP contribution is 2.52. The first-order valence-electron chi connectivity index (χ1n) is 20.0. The normalized spacial score (nSPS) is 13.1. The lowest BCUT2D eigenvalue weighted by Gasteiger charge is -2.26. The fraction of sp³-hybridized carbons (Fsp3) is 0.0545. The Balaban J connectivity index is 1.12. The molecule has 0 amide bonds. The quantitative estimate of drug-likeness (QED) is 0.176. The molecule has 0 saturated heterocycles. The molecule has 0 bridgehead atoms. The van der Waals surface area contributed by atoms with Crippen molar-refractivity contribution in [2.75, 3.05) is 4.90 Å². The van der Waals surface area contributed by atoms with Gasteiger partial charge < -0.3 is 13.7 Å². The SMILES string of the molecule is CC1(C)c2ccccc2-c2ccc(-c3c4oc5c(N(c6ccc(-c7ccccc7)cc6)c6ccc7ccccc7c6)cccc5c4cc4oc5ccccc5c34)cc21. The van der Waals surface area contributed by atoms with Crippen LogP contribution in [0.2, 0.25) is 0 Å². The molecule has 11 aromatic rings. The van der Waals surface area contributed by atoms with Crippen molar-refractivity contribution in [2.24, 2.45) is 0 Å². The fourth-order valence-corrected chi connectivity index (χ4v) is 9.61. The van der Waals surface area contributed by atoms with Crippen LogP contribution >= 0.6 is 0 Å². The number of anilines is 3. The van der Waals surface area contributed by atoms with Crippen LogP contribution < -0.4 is 4.90 Å². The van der Waals surface area contributed by atoms with Crippen molar-refractivity contribution in [2.45, 2.75) is 19.3 Å². The predicted molar refractivity (Wildman–Crippen MR) is 242 cm³/mol. The maximum atomic E-state index is 7.35. The Morgan fingerprint density at radius 1 is 0.414 bits per heavy atom. The zero-order chi connectivity index (χ0) is 38.5. The van der Waals surface area contributed by atoms with Crippen LogP contribution in [0.15, 0.2) is 197 Å². The van der Waals surface area contributed by atoms with Gasteiger partial charge in [0, 0.05) is 43.9 Å². The van der Waals surface area contributed by atoms with Gasteiger partial charge in [0.25, 0.3) is 0 Å². The average Bonchev–Trinajstić information content (AvgIpc) is 3.91. The van der Waals surface area contributed by atoms with Crippen molar-refractivity contribution in [3.05, 3.63) is 199 Å². The van der Waals surface area contributed by atoms with Crippen LogP contribution in [-0.4, -0.2) is 0 Å². The Morgan fingerprint density at radius 2 is 1.10 bits per heavy atom. The first-order chi connectivity index (χ1) is 28.5. The lowest BCUT2D eigenvalue weighted by Crippen LogP contribution is -2.14. The summed E-state index contributed by atoms with van der Waals surface area (Å²) in [5, 5.41) is 6.59. The topological polar surface area (TPSA) is 29.5 Å². The van der Waals surface area contributed by atoms with E-state index in [1.165, 1.54) is 44.2 Å². The van der Waals surface area contributed by atoms with Gasteiger partial charge >= 0.3 is 0 Å². The second kappa shape index (κ2) is 12.3. The highest BCUT2D eigenvalue weighted by atomic mass is 16.3. The van der Waals surface area contributed by atoms with Crippen molar-refractivity contribution in [3.63, 3.8) is 0 Å². The fourth-order valence-electron chi connectivity index (χ4n) is 9.61. The highest BCUT2D eigenvalue weighted by molar-refractivity contribution is 6.24. The van der Waals surface area contributed by atoms with Gasteiger partial charge in [0.1, 0.15) is 16.7 Å². The summed E-state index contributed by atoms with van der Waals surface area (Å²) in [6.45, 7) is 4.68. The van der Waals surface area contributed by atoms with Gasteiger partial charge in [-0.15, -0.1) is 0 Å². The van der Waals surface area contributed by atoms with Gasteiger partial charge in [-0.2, -0.15) is 0 Å². The monoisotopic (exact) mass is 743 g/mol. The summed E-state index contributed by atoms with van der Waals surface area (Å²) < 4.78 is 14.0. The molecule has 0 atom stereocenters. The second-order valence-corrected chi connectivity index (χ2v) is 16.1. The molecule has 58 heavy (non-hydrogen) atoms. The van der Waals surface area contributed by atoms with Crippen LogP contribution in [0, 0.1) is 0 Å². The Kier molecular flexibility index (Phi) is 6.98. The molecule has 1 aliphatic rings. The molecular formula is C55H37NO2. The first-order valence-corrected chi connectivity index (χ1v) is 20.0. The van der Waals surface area contributed by atoms with E-state index >= 15 is 0 Å². The molecule has 0 aliphatic heterocycles. The molecule has 3 nitrogen and oxygen atoms in total. The summed E-state index contributed by atoms with van der Waals surface area (Å²) in [5.41, 5.74) is 16.1. The van der Waals surface area contributed by atoms with Crippen molar-refractivity contribution < 1.29 is 8.83 Å². The van der Waals surface area contributed by atoms with Crippen molar-refractivity contribution in [1.29, 1.82) is 0 Å². The molecule has 0 unspecified atom stereocenters. The molecule has 274 valence electrons. The molecule has 3 heteroatoms. The number of hydrogen-bond donors (Lipinski definition) is 0. The summed E-state index contributed by atoms with van der Waals surface area (Å²) in [6, 6.07) is 67.5. The number of rotatable bonds is 5. The second-order valence-electron chi connectivity index (χ2n) is 16.1. The maximum Gasteiger partial charge on any atom is 0.159 e. The van der Waals surface area contributed by atoms with E-state index in [0.717, 1.165) is 72.1 Å². The minimum absolute atomic E-state index is 0.148. The van der Waals surface area contributed by atoms with E-state index in [9.17, 15) is 0 Å². The van der Waals surface area contributed by atoms with Crippen LogP contribution in [0.1, 0.15) is 25.0 Å². The summed E-state index contributed by atoms with van der Waals surface area (Å²) in [6.07, 6.45) is 0. The van der Waals surface area contributed by atoms with Crippen molar-refractivity contribution >= 4 is 71.7 Å². The summed E-state index contributed by atoms with van der Waals surface area (Å²) in [4.78, 5) is 2.33. The molecule has 0 saturated carbocycles. The summed E-state index contributed by atoms with van der Waals surface area (Å²) >= 11 is 0. The smallest absolute Gasteiger partial charge is 0.159 e. The van der Waals surface area contributed by atoms with E-state index in [2.05, 4.69) is 201 Å². The Morgan fingerprint density at radius 3 is 1.98 bits per heavy atom. The van der Waals surface area contributed by atoms with E-state index in [1.54, 1.807) is 0 Å². The van der Waals surface area contributed by atoms with E-state index in [0.29, 0.717) is 0 Å². The molecule has 0 spiro atoms. The third-order valence-corrected chi connectivity index (χ3v) is 12.4. The van der Waals surface area contributed by atoms with Gasteiger partial charge in [-0.05, 0) is 98.2 Å². The Labute approximate surface area is 336 Å². The van der Waals surface area contributed by atoms with Crippen LogP contribution in [0.3, 0.4) is 0 Å². The van der Waals surface area contributed by atoms with Gasteiger partial charge in [0.05, 0.1) is 5.69 Å². The largest absolute Gasteiger partial charge is 0.456 e. The number of fused-ring (bicyclic) bond motifs is 10. The molecule has 0 fully saturated rings. The third-order valence-electron chi connectivity index (χ3n) is 12.4. The Hall–Kier alpha value is -7.36. The highest BCUT2D eigenvalue weighted by Gasteiger charge is 2.36. The molecule has 0 radical (unpaired) electrons. The number of furan rings is 2. The summed E-state index contributed by atoms with van der Waals surface area (Å²) in [5.74, 6) is 0. The molecule has 9 aromatic carbocycles. The molecule has 0 N–H and O–H groups in total. The number of para-hydroxylation sites is 2. The lowest BCUT2D eigenvalue weighted by molar-refractivity contribution is 0.660. The van der Waals surface area contributed by atoms with Crippen LogP contribution in [0.25, 0.3) is 88.0 Å².